The average molecular weight is 279 g/mol. The van der Waals surface area contributed by atoms with E-state index in [4.69, 9.17) is 0 Å². The first-order chi connectivity index (χ1) is 10.3. The molecule has 0 saturated heterocycles. The summed E-state index contributed by atoms with van der Waals surface area (Å²) in [6.45, 7) is 0. The van der Waals surface area contributed by atoms with Crippen molar-refractivity contribution in [3.8, 4) is 6.07 Å². The van der Waals surface area contributed by atoms with Crippen LogP contribution in [0.2, 0.25) is 0 Å². The third kappa shape index (κ3) is 2.80. The van der Waals surface area contributed by atoms with Crippen molar-refractivity contribution in [2.75, 3.05) is 0 Å². The molecule has 2 heteroatoms. The smallest absolute Gasteiger partial charge is 0.0980 e. The molecule has 0 aromatic heterocycles. The molecular weight excluding hydrogens is 258 g/mol. The Morgan fingerprint density at radius 2 is 1.71 bits per heavy atom. The van der Waals surface area contributed by atoms with E-state index in [1.807, 2.05) is 30.3 Å². The first-order valence-corrected chi connectivity index (χ1v) is 7.86. The number of aliphatic hydroxyl groups is 1. The Morgan fingerprint density at radius 3 is 2.48 bits per heavy atom. The number of aliphatic hydroxyl groups excluding tert-OH is 1. The average Bonchev–Trinajstić information content (AvgIpc) is 2.56. The van der Waals surface area contributed by atoms with Crippen molar-refractivity contribution >= 4 is 10.8 Å². The molecule has 0 aliphatic heterocycles. The molecule has 21 heavy (non-hydrogen) atoms. The third-order valence-corrected chi connectivity index (χ3v) is 4.77. The van der Waals surface area contributed by atoms with Crippen LogP contribution < -0.4 is 0 Å². The van der Waals surface area contributed by atoms with Crippen LogP contribution >= 0.6 is 0 Å². The summed E-state index contributed by atoms with van der Waals surface area (Å²) in [7, 11) is 0. The molecule has 108 valence electrons. The van der Waals surface area contributed by atoms with Gasteiger partial charge in [-0.1, -0.05) is 61.7 Å². The molecule has 2 aromatic carbocycles. The number of hydrogen-bond donors (Lipinski definition) is 1. The molecule has 2 atom stereocenters. The number of fused-ring (bicyclic) bond motifs is 1. The number of nitrogens with zero attached hydrogens (tertiary/aromatic N) is 1. The van der Waals surface area contributed by atoms with Gasteiger partial charge in [0.1, 0.15) is 0 Å². The minimum Gasteiger partial charge on any atom is -0.391 e. The summed E-state index contributed by atoms with van der Waals surface area (Å²) < 4.78 is 0. The van der Waals surface area contributed by atoms with E-state index < -0.39 is 12.0 Å². The molecule has 1 aliphatic carbocycles. The Kier molecular flexibility index (Phi) is 4.22. The van der Waals surface area contributed by atoms with Crippen molar-refractivity contribution in [2.45, 2.75) is 44.1 Å². The van der Waals surface area contributed by atoms with Crippen LogP contribution in [0.1, 0.15) is 43.6 Å². The minimum atomic E-state index is -0.555. The number of nitriles is 1. The van der Waals surface area contributed by atoms with E-state index in [1.165, 1.54) is 19.3 Å². The summed E-state index contributed by atoms with van der Waals surface area (Å²) in [5.41, 5.74) is 0.966. The van der Waals surface area contributed by atoms with Gasteiger partial charge in [0, 0.05) is 0 Å². The Morgan fingerprint density at radius 1 is 1.00 bits per heavy atom. The van der Waals surface area contributed by atoms with Gasteiger partial charge in [-0.3, -0.25) is 0 Å². The first-order valence-electron chi connectivity index (χ1n) is 7.86. The van der Waals surface area contributed by atoms with Gasteiger partial charge in [-0.25, -0.2) is 0 Å². The SMILES string of the molecule is N#C[C@@H](c1cccc2ccccc12)[C@H](O)C1CCCCC1. The molecule has 0 amide bonds. The van der Waals surface area contributed by atoms with Gasteiger partial charge in [-0.05, 0) is 35.1 Å². The Bertz CT molecular complexity index is 647. The van der Waals surface area contributed by atoms with Gasteiger partial charge in [0.15, 0.2) is 0 Å². The molecule has 2 nitrogen and oxygen atoms in total. The van der Waals surface area contributed by atoms with Gasteiger partial charge >= 0.3 is 0 Å². The van der Waals surface area contributed by atoms with Crippen LogP contribution in [0.25, 0.3) is 10.8 Å². The maximum atomic E-state index is 10.7. The molecule has 2 aromatic rings. The molecule has 1 fully saturated rings. The zero-order valence-electron chi connectivity index (χ0n) is 12.2. The van der Waals surface area contributed by atoms with Crippen LogP contribution in [-0.2, 0) is 0 Å². The predicted molar refractivity (Wildman–Crippen MR) is 84.9 cm³/mol. The highest BCUT2D eigenvalue weighted by atomic mass is 16.3. The second-order valence-electron chi connectivity index (χ2n) is 6.06. The Hall–Kier alpha value is -1.85. The maximum Gasteiger partial charge on any atom is 0.0980 e. The molecule has 1 aliphatic rings. The number of hydrogen-bond acceptors (Lipinski definition) is 2. The summed E-state index contributed by atoms with van der Waals surface area (Å²) in [6.07, 6.45) is 5.15. The lowest BCUT2D eigenvalue weighted by Gasteiger charge is -2.29. The lowest BCUT2D eigenvalue weighted by Crippen LogP contribution is -2.28. The standard InChI is InChI=1S/C19H21NO/c20-13-18(19(21)15-8-2-1-3-9-15)17-12-6-10-14-7-4-5-11-16(14)17/h4-7,10-12,15,18-19,21H,1-3,8-9H2/t18-,19+/m0/s1. The van der Waals surface area contributed by atoms with Crippen molar-refractivity contribution in [2.24, 2.45) is 5.92 Å². The lowest BCUT2D eigenvalue weighted by molar-refractivity contribution is 0.0747. The van der Waals surface area contributed by atoms with Crippen LogP contribution in [0.4, 0.5) is 0 Å². The first kappa shape index (κ1) is 14.1. The fourth-order valence-corrected chi connectivity index (χ4v) is 3.60. The number of benzene rings is 2. The molecule has 1 saturated carbocycles. The van der Waals surface area contributed by atoms with Gasteiger partial charge < -0.3 is 5.11 Å². The van der Waals surface area contributed by atoms with Crippen LogP contribution in [0.5, 0.6) is 0 Å². The molecule has 1 N–H and O–H groups in total. The number of rotatable bonds is 3. The molecule has 0 heterocycles. The van der Waals surface area contributed by atoms with E-state index in [9.17, 15) is 10.4 Å². The summed E-state index contributed by atoms with van der Waals surface area (Å²) in [6, 6.07) is 16.5. The third-order valence-electron chi connectivity index (χ3n) is 4.77. The lowest BCUT2D eigenvalue weighted by atomic mass is 9.78. The Balaban J connectivity index is 1.96. The zero-order chi connectivity index (χ0) is 14.7. The van der Waals surface area contributed by atoms with E-state index in [-0.39, 0.29) is 5.92 Å². The van der Waals surface area contributed by atoms with Crippen molar-refractivity contribution in [1.29, 1.82) is 5.26 Å². The van der Waals surface area contributed by atoms with Crippen LogP contribution in [0.3, 0.4) is 0 Å². The topological polar surface area (TPSA) is 44.0 Å². The molecule has 0 bridgehead atoms. The summed E-state index contributed by atoms with van der Waals surface area (Å²) >= 11 is 0. The molecule has 0 unspecified atom stereocenters. The van der Waals surface area contributed by atoms with Gasteiger partial charge in [0.2, 0.25) is 0 Å². The fourth-order valence-electron chi connectivity index (χ4n) is 3.60. The van der Waals surface area contributed by atoms with Crippen LogP contribution in [0.15, 0.2) is 42.5 Å². The molecule has 0 radical (unpaired) electrons. The highest BCUT2D eigenvalue weighted by Crippen LogP contribution is 2.35. The van der Waals surface area contributed by atoms with Crippen molar-refractivity contribution in [3.63, 3.8) is 0 Å². The summed E-state index contributed by atoms with van der Waals surface area (Å²) in [5.74, 6) is -0.165. The van der Waals surface area contributed by atoms with E-state index in [0.717, 1.165) is 29.2 Å². The van der Waals surface area contributed by atoms with Gasteiger partial charge in [0.25, 0.3) is 0 Å². The highest BCUT2D eigenvalue weighted by Gasteiger charge is 2.30. The largest absolute Gasteiger partial charge is 0.391 e. The monoisotopic (exact) mass is 279 g/mol. The second kappa shape index (κ2) is 6.28. The molecular formula is C19H21NO. The quantitative estimate of drug-likeness (QED) is 0.905. The van der Waals surface area contributed by atoms with E-state index in [1.54, 1.807) is 0 Å². The minimum absolute atomic E-state index is 0.266. The summed E-state index contributed by atoms with van der Waals surface area (Å²) in [4.78, 5) is 0. The van der Waals surface area contributed by atoms with Gasteiger partial charge in [0.05, 0.1) is 18.1 Å². The van der Waals surface area contributed by atoms with E-state index in [0.29, 0.717) is 0 Å². The van der Waals surface area contributed by atoms with Crippen LogP contribution in [-0.4, -0.2) is 11.2 Å². The van der Waals surface area contributed by atoms with Crippen molar-refractivity contribution in [1.82, 2.24) is 0 Å². The van der Waals surface area contributed by atoms with Crippen molar-refractivity contribution in [3.05, 3.63) is 48.0 Å². The van der Waals surface area contributed by atoms with Crippen LogP contribution in [0, 0.1) is 17.2 Å². The van der Waals surface area contributed by atoms with E-state index in [2.05, 4.69) is 18.2 Å². The Labute approximate surface area is 126 Å². The van der Waals surface area contributed by atoms with Gasteiger partial charge in [-0.15, -0.1) is 0 Å². The normalized spacial score (nSPS) is 19.0. The van der Waals surface area contributed by atoms with E-state index >= 15 is 0 Å². The maximum absolute atomic E-state index is 10.7. The summed E-state index contributed by atoms with van der Waals surface area (Å²) in [5, 5.41) is 22.6. The zero-order valence-corrected chi connectivity index (χ0v) is 12.2. The predicted octanol–water partition coefficient (Wildman–Crippen LogP) is 4.39. The van der Waals surface area contributed by atoms with Gasteiger partial charge in [-0.2, -0.15) is 5.26 Å². The second-order valence-corrected chi connectivity index (χ2v) is 6.06. The fraction of sp³-hybridized carbons (Fsp3) is 0.421. The highest BCUT2D eigenvalue weighted by molar-refractivity contribution is 5.86. The van der Waals surface area contributed by atoms with Crippen molar-refractivity contribution < 1.29 is 5.11 Å². The molecule has 0 spiro atoms. The molecule has 3 rings (SSSR count).